The highest BCUT2D eigenvalue weighted by Crippen LogP contribution is 2.27. The van der Waals surface area contributed by atoms with Crippen LogP contribution < -0.4 is 14.4 Å². The van der Waals surface area contributed by atoms with E-state index in [2.05, 4.69) is 9.88 Å². The maximum Gasteiger partial charge on any atom is 0.263 e. The van der Waals surface area contributed by atoms with Crippen LogP contribution in [0.3, 0.4) is 0 Å². The number of carbonyl (C=O) groups excluding carboxylic acids is 1. The number of hydrogen-bond donors (Lipinski definition) is 0. The second kappa shape index (κ2) is 7.88. The van der Waals surface area contributed by atoms with Crippen LogP contribution in [-0.4, -0.2) is 55.2 Å². The summed E-state index contributed by atoms with van der Waals surface area (Å²) in [6, 6.07) is 13.2. The van der Waals surface area contributed by atoms with Crippen LogP contribution in [0.2, 0.25) is 0 Å². The number of nitrogens with zero attached hydrogens (tertiary/aromatic N) is 3. The maximum atomic E-state index is 12.7. The van der Waals surface area contributed by atoms with E-state index in [0.717, 1.165) is 18.9 Å². The van der Waals surface area contributed by atoms with E-state index in [1.165, 1.54) is 0 Å². The van der Waals surface area contributed by atoms with Crippen molar-refractivity contribution in [1.82, 2.24) is 9.88 Å². The molecule has 0 aliphatic carbocycles. The van der Waals surface area contributed by atoms with Crippen molar-refractivity contribution in [3.63, 3.8) is 0 Å². The van der Waals surface area contributed by atoms with Gasteiger partial charge in [-0.05, 0) is 31.2 Å². The number of rotatable bonds is 5. The first-order valence-corrected chi connectivity index (χ1v) is 8.43. The van der Waals surface area contributed by atoms with E-state index in [1.807, 2.05) is 47.4 Å². The Bertz CT molecular complexity index is 700. The molecule has 1 fully saturated rings. The molecule has 1 aromatic heterocycles. The predicted molar refractivity (Wildman–Crippen MR) is 96.1 cm³/mol. The number of anilines is 1. The Morgan fingerprint density at radius 2 is 1.72 bits per heavy atom. The minimum absolute atomic E-state index is 0.00780. The lowest BCUT2D eigenvalue weighted by Crippen LogP contribution is -2.52. The molecule has 6 heteroatoms. The largest absolute Gasteiger partial charge is 0.493 e. The van der Waals surface area contributed by atoms with Crippen molar-refractivity contribution in [1.29, 1.82) is 0 Å². The number of piperazine rings is 1. The van der Waals surface area contributed by atoms with Gasteiger partial charge in [-0.2, -0.15) is 0 Å². The fourth-order valence-corrected chi connectivity index (χ4v) is 2.91. The second-order valence-corrected chi connectivity index (χ2v) is 5.91. The molecule has 2 aromatic rings. The molecule has 1 atom stereocenters. The first kappa shape index (κ1) is 17.1. The molecule has 0 bridgehead atoms. The summed E-state index contributed by atoms with van der Waals surface area (Å²) in [6.07, 6.45) is 1.23. The quantitative estimate of drug-likeness (QED) is 0.835. The van der Waals surface area contributed by atoms with Gasteiger partial charge in [-0.1, -0.05) is 18.2 Å². The lowest BCUT2D eigenvalue weighted by molar-refractivity contribution is -0.138. The van der Waals surface area contributed by atoms with Crippen LogP contribution in [0, 0.1) is 0 Å². The summed E-state index contributed by atoms with van der Waals surface area (Å²) in [6.45, 7) is 4.64. The van der Waals surface area contributed by atoms with Crippen molar-refractivity contribution >= 4 is 11.7 Å². The highest BCUT2D eigenvalue weighted by atomic mass is 16.5. The number of amides is 1. The smallest absolute Gasteiger partial charge is 0.263 e. The molecule has 0 radical (unpaired) electrons. The van der Waals surface area contributed by atoms with Gasteiger partial charge in [0, 0.05) is 32.4 Å². The molecule has 0 N–H and O–H groups in total. The average Bonchev–Trinajstić information content (AvgIpc) is 2.68. The van der Waals surface area contributed by atoms with Crippen molar-refractivity contribution in [3.05, 3.63) is 48.7 Å². The molecule has 6 nitrogen and oxygen atoms in total. The van der Waals surface area contributed by atoms with Crippen molar-refractivity contribution in [3.8, 4) is 11.5 Å². The summed E-state index contributed by atoms with van der Waals surface area (Å²) in [5, 5.41) is 0. The Morgan fingerprint density at radius 3 is 2.36 bits per heavy atom. The van der Waals surface area contributed by atoms with E-state index >= 15 is 0 Å². The number of hydrogen-bond acceptors (Lipinski definition) is 5. The maximum absolute atomic E-state index is 12.7. The van der Waals surface area contributed by atoms with Crippen molar-refractivity contribution in [2.24, 2.45) is 0 Å². The standard InChI is InChI=1S/C19H23N3O3/c1-15(25-17-8-4-3-7-16(17)24-2)19(23)22-13-11-21(12-14-22)18-9-5-6-10-20-18/h3-10,15H,11-14H2,1-2H3/t15-/m1/s1. The van der Waals surface area contributed by atoms with Gasteiger partial charge in [-0.3, -0.25) is 4.79 Å². The molecule has 25 heavy (non-hydrogen) atoms. The van der Waals surface area contributed by atoms with Gasteiger partial charge in [-0.25, -0.2) is 4.98 Å². The van der Waals surface area contributed by atoms with Crippen LogP contribution in [0.5, 0.6) is 11.5 Å². The van der Waals surface area contributed by atoms with Crippen LogP contribution in [0.25, 0.3) is 0 Å². The summed E-state index contributed by atoms with van der Waals surface area (Å²) in [4.78, 5) is 21.1. The minimum atomic E-state index is -0.558. The van der Waals surface area contributed by atoms with Gasteiger partial charge < -0.3 is 19.3 Å². The number of pyridine rings is 1. The number of ether oxygens (including phenoxy) is 2. The zero-order chi connectivity index (χ0) is 17.6. The van der Waals surface area contributed by atoms with Crippen LogP contribution in [0.15, 0.2) is 48.7 Å². The van der Waals surface area contributed by atoms with Gasteiger partial charge in [-0.15, -0.1) is 0 Å². The number of benzene rings is 1. The molecule has 132 valence electrons. The third-order valence-corrected chi connectivity index (χ3v) is 4.29. The first-order chi connectivity index (χ1) is 12.2. The van der Waals surface area contributed by atoms with Crippen molar-refractivity contribution < 1.29 is 14.3 Å². The van der Waals surface area contributed by atoms with Crippen LogP contribution >= 0.6 is 0 Å². The summed E-state index contributed by atoms with van der Waals surface area (Å²) in [5.41, 5.74) is 0. The number of aromatic nitrogens is 1. The number of para-hydroxylation sites is 2. The molecule has 1 aliphatic heterocycles. The highest BCUT2D eigenvalue weighted by Gasteiger charge is 2.27. The fraction of sp³-hybridized carbons (Fsp3) is 0.368. The fourth-order valence-electron chi connectivity index (χ4n) is 2.91. The van der Waals surface area contributed by atoms with Gasteiger partial charge in [0.2, 0.25) is 0 Å². The van der Waals surface area contributed by atoms with Crippen molar-refractivity contribution in [2.45, 2.75) is 13.0 Å². The SMILES string of the molecule is COc1ccccc1O[C@H](C)C(=O)N1CCN(c2ccccn2)CC1. The van der Waals surface area contributed by atoms with E-state index in [4.69, 9.17) is 9.47 Å². The van der Waals surface area contributed by atoms with Gasteiger partial charge in [0.15, 0.2) is 17.6 Å². The second-order valence-electron chi connectivity index (χ2n) is 5.91. The Hall–Kier alpha value is -2.76. The molecular weight excluding hydrogens is 318 g/mol. The number of carbonyl (C=O) groups is 1. The lowest BCUT2D eigenvalue weighted by atomic mass is 10.2. The summed E-state index contributed by atoms with van der Waals surface area (Å²) < 4.78 is 11.1. The third-order valence-electron chi connectivity index (χ3n) is 4.29. The predicted octanol–water partition coefficient (Wildman–Crippen LogP) is 2.21. The van der Waals surface area contributed by atoms with Gasteiger partial charge >= 0.3 is 0 Å². The molecule has 0 spiro atoms. The Balaban J connectivity index is 1.57. The zero-order valence-corrected chi connectivity index (χ0v) is 14.6. The summed E-state index contributed by atoms with van der Waals surface area (Å²) >= 11 is 0. The minimum Gasteiger partial charge on any atom is -0.493 e. The van der Waals surface area contributed by atoms with Crippen LogP contribution in [0.4, 0.5) is 5.82 Å². The zero-order valence-electron chi connectivity index (χ0n) is 14.6. The highest BCUT2D eigenvalue weighted by molar-refractivity contribution is 5.81. The topological polar surface area (TPSA) is 54.9 Å². The van der Waals surface area contributed by atoms with E-state index in [-0.39, 0.29) is 5.91 Å². The molecule has 1 aliphatic rings. The Labute approximate surface area is 148 Å². The lowest BCUT2D eigenvalue weighted by Gasteiger charge is -2.36. The Kier molecular flexibility index (Phi) is 5.38. The van der Waals surface area contributed by atoms with Gasteiger partial charge in [0.1, 0.15) is 5.82 Å². The number of methoxy groups -OCH3 is 1. The van der Waals surface area contributed by atoms with E-state index in [9.17, 15) is 4.79 Å². The van der Waals surface area contributed by atoms with Crippen LogP contribution in [0.1, 0.15) is 6.92 Å². The first-order valence-electron chi connectivity index (χ1n) is 8.43. The molecule has 1 saturated heterocycles. The molecular formula is C19H23N3O3. The van der Waals surface area contributed by atoms with Crippen LogP contribution in [-0.2, 0) is 4.79 Å². The summed E-state index contributed by atoms with van der Waals surface area (Å²) in [7, 11) is 1.59. The molecule has 1 amide bonds. The van der Waals surface area contributed by atoms with E-state index in [1.54, 1.807) is 20.2 Å². The Morgan fingerprint density at radius 1 is 1.04 bits per heavy atom. The normalized spacial score (nSPS) is 15.6. The molecule has 0 saturated carbocycles. The molecule has 1 aromatic carbocycles. The van der Waals surface area contributed by atoms with Gasteiger partial charge in [0.25, 0.3) is 5.91 Å². The van der Waals surface area contributed by atoms with E-state index < -0.39 is 6.10 Å². The average molecular weight is 341 g/mol. The molecule has 0 unspecified atom stereocenters. The van der Waals surface area contributed by atoms with Crippen molar-refractivity contribution in [2.75, 3.05) is 38.2 Å². The summed E-state index contributed by atoms with van der Waals surface area (Å²) in [5.74, 6) is 2.15. The van der Waals surface area contributed by atoms with E-state index in [0.29, 0.717) is 24.6 Å². The molecule has 3 rings (SSSR count). The third kappa shape index (κ3) is 4.02. The monoisotopic (exact) mass is 341 g/mol. The van der Waals surface area contributed by atoms with Gasteiger partial charge in [0.05, 0.1) is 7.11 Å². The molecule has 2 heterocycles.